The van der Waals surface area contributed by atoms with Gasteiger partial charge >= 0.3 is 0 Å². The molecule has 3 aromatic rings. The van der Waals surface area contributed by atoms with Gasteiger partial charge in [-0.05, 0) is 47.5 Å². The normalized spacial score (nSPS) is 11.2. The lowest BCUT2D eigenvalue weighted by Crippen LogP contribution is -2.25. The highest BCUT2D eigenvalue weighted by Crippen LogP contribution is 2.29. The highest BCUT2D eigenvalue weighted by atomic mass is 35.5. The van der Waals surface area contributed by atoms with Gasteiger partial charge in [-0.3, -0.25) is 4.79 Å². The first-order chi connectivity index (χ1) is 13.9. The van der Waals surface area contributed by atoms with Crippen LogP contribution >= 0.6 is 22.9 Å². The molecule has 0 saturated heterocycles. The number of sulfonamides is 1. The maximum absolute atomic E-state index is 12.5. The second-order valence-electron chi connectivity index (χ2n) is 6.22. The average molecular weight is 447 g/mol. The van der Waals surface area contributed by atoms with Crippen molar-refractivity contribution in [3.8, 4) is 10.4 Å². The van der Waals surface area contributed by atoms with Crippen molar-refractivity contribution >= 4 is 44.6 Å². The van der Waals surface area contributed by atoms with E-state index >= 15 is 0 Å². The Balaban J connectivity index is 1.64. The van der Waals surface area contributed by atoms with Crippen molar-refractivity contribution in [1.29, 1.82) is 0 Å². The Hall–Kier alpha value is -2.45. The van der Waals surface area contributed by atoms with Crippen molar-refractivity contribution in [1.82, 2.24) is 4.72 Å². The molecule has 2 aromatic carbocycles. The van der Waals surface area contributed by atoms with Crippen LogP contribution in [-0.4, -0.2) is 20.9 Å². The van der Waals surface area contributed by atoms with Crippen LogP contribution < -0.4 is 10.0 Å². The molecule has 0 atom stereocenters. The Morgan fingerprint density at radius 1 is 1.03 bits per heavy atom. The summed E-state index contributed by atoms with van der Waals surface area (Å²) in [4.78, 5) is 14.1. The van der Waals surface area contributed by atoms with Crippen LogP contribution in [0.3, 0.4) is 0 Å². The van der Waals surface area contributed by atoms with Gasteiger partial charge in [-0.2, -0.15) is 0 Å². The summed E-state index contributed by atoms with van der Waals surface area (Å²) in [5, 5.41) is 3.49. The van der Waals surface area contributed by atoms with Crippen LogP contribution in [0.5, 0.6) is 0 Å². The molecule has 0 radical (unpaired) electrons. The van der Waals surface area contributed by atoms with Gasteiger partial charge in [0.15, 0.2) is 0 Å². The molecule has 8 heteroatoms. The summed E-state index contributed by atoms with van der Waals surface area (Å²) >= 11 is 7.30. The molecule has 0 aliphatic carbocycles. The van der Waals surface area contributed by atoms with Gasteiger partial charge in [0.2, 0.25) is 10.0 Å². The minimum absolute atomic E-state index is 0.134. The molecule has 0 unspecified atom stereocenters. The molecule has 0 fully saturated rings. The molecule has 150 valence electrons. The summed E-state index contributed by atoms with van der Waals surface area (Å²) in [5.74, 6) is -0.354. The average Bonchev–Trinajstić information content (AvgIpc) is 3.19. The van der Waals surface area contributed by atoms with E-state index in [1.165, 1.54) is 17.4 Å². The standard InChI is InChI=1S/C21H19ClN2O3S2/c1-2-13-23-29(26,27)14-15-3-9-18(10-4-15)24-21(25)20-12-11-19(28-20)16-5-7-17(22)8-6-16/h2-12,23H,1,13-14H2,(H,24,25). The molecule has 29 heavy (non-hydrogen) atoms. The number of thiophene rings is 1. The minimum Gasteiger partial charge on any atom is -0.321 e. The fraction of sp³-hybridized carbons (Fsp3) is 0.0952. The second-order valence-corrected chi connectivity index (χ2v) is 9.55. The van der Waals surface area contributed by atoms with E-state index in [2.05, 4.69) is 16.6 Å². The highest BCUT2D eigenvalue weighted by molar-refractivity contribution is 7.88. The Kier molecular flexibility index (Phi) is 6.87. The smallest absolute Gasteiger partial charge is 0.265 e. The monoisotopic (exact) mass is 446 g/mol. The molecule has 0 bridgehead atoms. The maximum atomic E-state index is 12.5. The number of hydrogen-bond acceptors (Lipinski definition) is 4. The first-order valence-corrected chi connectivity index (χ1v) is 11.6. The quantitative estimate of drug-likeness (QED) is 0.482. The SMILES string of the molecule is C=CCNS(=O)(=O)Cc1ccc(NC(=O)c2ccc(-c3ccc(Cl)cc3)s2)cc1. The number of anilines is 1. The number of carbonyl (C=O) groups excluding carboxylic acids is 1. The number of benzene rings is 2. The van der Waals surface area contributed by atoms with E-state index in [9.17, 15) is 13.2 Å². The zero-order chi connectivity index (χ0) is 20.9. The van der Waals surface area contributed by atoms with E-state index in [1.54, 1.807) is 30.3 Å². The molecular weight excluding hydrogens is 428 g/mol. The lowest BCUT2D eigenvalue weighted by Gasteiger charge is -2.07. The Bertz CT molecular complexity index is 1110. The Morgan fingerprint density at radius 2 is 1.72 bits per heavy atom. The van der Waals surface area contributed by atoms with Gasteiger partial charge < -0.3 is 5.32 Å². The Morgan fingerprint density at radius 3 is 2.38 bits per heavy atom. The molecule has 0 aliphatic rings. The van der Waals surface area contributed by atoms with E-state index in [0.29, 0.717) is 21.2 Å². The van der Waals surface area contributed by atoms with E-state index in [1.807, 2.05) is 30.3 Å². The summed E-state index contributed by atoms with van der Waals surface area (Å²) in [6.07, 6.45) is 1.49. The fourth-order valence-electron chi connectivity index (χ4n) is 2.56. The number of hydrogen-bond donors (Lipinski definition) is 2. The molecule has 0 spiro atoms. The van der Waals surface area contributed by atoms with E-state index < -0.39 is 10.0 Å². The predicted octanol–water partition coefficient (Wildman–Crippen LogP) is 4.93. The molecule has 5 nitrogen and oxygen atoms in total. The molecule has 2 N–H and O–H groups in total. The first-order valence-electron chi connectivity index (χ1n) is 8.70. The third-order valence-electron chi connectivity index (χ3n) is 3.97. The summed E-state index contributed by atoms with van der Waals surface area (Å²) in [7, 11) is -3.42. The van der Waals surface area contributed by atoms with Gasteiger partial charge in [-0.25, -0.2) is 13.1 Å². The van der Waals surface area contributed by atoms with Gasteiger partial charge in [0.05, 0.1) is 10.6 Å². The van der Waals surface area contributed by atoms with E-state index in [-0.39, 0.29) is 18.2 Å². The topological polar surface area (TPSA) is 75.3 Å². The van der Waals surface area contributed by atoms with Crippen LogP contribution in [0.4, 0.5) is 5.69 Å². The summed E-state index contributed by atoms with van der Waals surface area (Å²) in [6.45, 7) is 3.68. The summed E-state index contributed by atoms with van der Waals surface area (Å²) < 4.78 is 26.2. The van der Waals surface area contributed by atoms with Crippen molar-refractivity contribution in [3.63, 3.8) is 0 Å². The van der Waals surface area contributed by atoms with Gasteiger partial charge in [0, 0.05) is 22.1 Å². The molecule has 1 aromatic heterocycles. The van der Waals surface area contributed by atoms with Crippen molar-refractivity contribution in [3.05, 3.63) is 88.8 Å². The molecule has 1 heterocycles. The largest absolute Gasteiger partial charge is 0.321 e. The van der Waals surface area contributed by atoms with E-state index in [4.69, 9.17) is 11.6 Å². The first kappa shape index (κ1) is 21.3. The minimum atomic E-state index is -3.42. The zero-order valence-corrected chi connectivity index (χ0v) is 17.8. The van der Waals surface area contributed by atoms with Crippen molar-refractivity contribution in [2.24, 2.45) is 0 Å². The van der Waals surface area contributed by atoms with Crippen molar-refractivity contribution in [2.75, 3.05) is 11.9 Å². The molecule has 3 rings (SSSR count). The highest BCUT2D eigenvalue weighted by Gasteiger charge is 2.12. The number of halogens is 1. The lowest BCUT2D eigenvalue weighted by molar-refractivity contribution is 0.103. The number of rotatable bonds is 8. The summed E-state index contributed by atoms with van der Waals surface area (Å²) in [5.41, 5.74) is 2.21. The molecular formula is C21H19ClN2O3S2. The number of amides is 1. The van der Waals surface area contributed by atoms with Gasteiger partial charge in [-0.15, -0.1) is 17.9 Å². The van der Waals surface area contributed by atoms with Crippen molar-refractivity contribution in [2.45, 2.75) is 5.75 Å². The lowest BCUT2D eigenvalue weighted by atomic mass is 10.2. The number of nitrogens with one attached hydrogen (secondary N) is 2. The fourth-order valence-corrected chi connectivity index (χ4v) is 4.70. The van der Waals surface area contributed by atoms with Crippen LogP contribution in [0, 0.1) is 0 Å². The third-order valence-corrected chi connectivity index (χ3v) is 6.68. The van der Waals surface area contributed by atoms with Crippen LogP contribution in [-0.2, 0) is 15.8 Å². The Labute approximate surface area is 179 Å². The van der Waals surface area contributed by atoms with Crippen LogP contribution in [0.15, 0.2) is 73.3 Å². The molecule has 1 amide bonds. The maximum Gasteiger partial charge on any atom is 0.265 e. The molecule has 0 aliphatic heterocycles. The number of carbonyl (C=O) groups is 1. The van der Waals surface area contributed by atoms with Gasteiger partial charge in [0.1, 0.15) is 0 Å². The van der Waals surface area contributed by atoms with E-state index in [0.717, 1.165) is 10.4 Å². The predicted molar refractivity (Wildman–Crippen MR) is 120 cm³/mol. The zero-order valence-electron chi connectivity index (χ0n) is 15.4. The van der Waals surface area contributed by atoms with Crippen molar-refractivity contribution < 1.29 is 13.2 Å². The van der Waals surface area contributed by atoms with Crippen LogP contribution in [0.2, 0.25) is 5.02 Å². The molecule has 0 saturated carbocycles. The van der Waals surface area contributed by atoms with Gasteiger partial charge in [0.25, 0.3) is 5.91 Å². The second kappa shape index (κ2) is 9.37. The summed E-state index contributed by atoms with van der Waals surface area (Å²) in [6, 6.07) is 17.8. The van der Waals surface area contributed by atoms with Crippen LogP contribution in [0.1, 0.15) is 15.2 Å². The van der Waals surface area contributed by atoms with Crippen LogP contribution in [0.25, 0.3) is 10.4 Å². The third kappa shape index (κ3) is 6.01. The van der Waals surface area contributed by atoms with Gasteiger partial charge in [-0.1, -0.05) is 41.9 Å².